The number of hydrogen-bond donors (Lipinski definition) is 2. The molecule has 0 unspecified atom stereocenters. The van der Waals surface area contributed by atoms with Crippen LogP contribution in [-0.4, -0.2) is 22.2 Å². The standard InChI is InChI=1S/C9H8O4/c1-5-4-6(8(10)11)2-3-7(5)9(12)13/h2-3H,1,4H2,(H,10,11)(H,12,13). The molecule has 68 valence electrons. The largest absolute Gasteiger partial charge is 0.478 e. The maximum atomic E-state index is 10.5. The second-order valence-corrected chi connectivity index (χ2v) is 2.66. The van der Waals surface area contributed by atoms with Crippen LogP contribution in [0.3, 0.4) is 0 Å². The van der Waals surface area contributed by atoms with Crippen molar-refractivity contribution in [1.29, 1.82) is 0 Å². The van der Waals surface area contributed by atoms with E-state index >= 15 is 0 Å². The van der Waals surface area contributed by atoms with Crippen LogP contribution in [0.1, 0.15) is 6.42 Å². The van der Waals surface area contributed by atoms with Gasteiger partial charge in [-0.05, 0) is 11.6 Å². The fourth-order valence-electron chi connectivity index (χ4n) is 1.06. The van der Waals surface area contributed by atoms with Gasteiger partial charge in [-0.3, -0.25) is 0 Å². The summed E-state index contributed by atoms with van der Waals surface area (Å²) in [5, 5.41) is 17.2. The van der Waals surface area contributed by atoms with Crippen LogP contribution in [0.2, 0.25) is 0 Å². The summed E-state index contributed by atoms with van der Waals surface area (Å²) >= 11 is 0. The number of carboxylic acid groups (broad SMARTS) is 2. The third-order valence-electron chi connectivity index (χ3n) is 1.74. The van der Waals surface area contributed by atoms with E-state index in [0.29, 0.717) is 5.57 Å². The van der Waals surface area contributed by atoms with Gasteiger partial charge in [-0.1, -0.05) is 12.7 Å². The summed E-state index contributed by atoms with van der Waals surface area (Å²) in [6.45, 7) is 3.50. The minimum absolute atomic E-state index is 0.0741. The highest BCUT2D eigenvalue weighted by atomic mass is 16.4. The summed E-state index contributed by atoms with van der Waals surface area (Å²) < 4.78 is 0. The molecule has 0 radical (unpaired) electrons. The Labute approximate surface area is 74.5 Å². The van der Waals surface area contributed by atoms with Crippen molar-refractivity contribution in [1.82, 2.24) is 0 Å². The average Bonchev–Trinajstić information content (AvgIpc) is 2.03. The molecule has 1 rings (SSSR count). The lowest BCUT2D eigenvalue weighted by Gasteiger charge is -2.11. The van der Waals surface area contributed by atoms with E-state index in [9.17, 15) is 9.59 Å². The van der Waals surface area contributed by atoms with E-state index in [1.54, 1.807) is 0 Å². The Balaban J connectivity index is 3.00. The minimum atomic E-state index is -1.08. The highest BCUT2D eigenvalue weighted by Gasteiger charge is 2.19. The molecule has 0 bridgehead atoms. The molecule has 13 heavy (non-hydrogen) atoms. The van der Waals surface area contributed by atoms with Crippen LogP contribution in [0.15, 0.2) is 35.5 Å². The van der Waals surface area contributed by atoms with Crippen LogP contribution in [0, 0.1) is 0 Å². The second kappa shape index (κ2) is 3.26. The fourth-order valence-corrected chi connectivity index (χ4v) is 1.06. The molecular formula is C9H8O4. The van der Waals surface area contributed by atoms with E-state index in [0.717, 1.165) is 0 Å². The lowest BCUT2D eigenvalue weighted by Crippen LogP contribution is -2.10. The van der Waals surface area contributed by atoms with Gasteiger partial charge >= 0.3 is 11.9 Å². The highest BCUT2D eigenvalue weighted by Crippen LogP contribution is 2.22. The average molecular weight is 180 g/mol. The summed E-state index contributed by atoms with van der Waals surface area (Å²) in [6.07, 6.45) is 2.64. The maximum Gasteiger partial charge on any atom is 0.335 e. The van der Waals surface area contributed by atoms with E-state index in [1.165, 1.54) is 12.2 Å². The summed E-state index contributed by atoms with van der Waals surface area (Å²) in [5.41, 5.74) is 0.562. The zero-order valence-corrected chi connectivity index (χ0v) is 6.78. The SMILES string of the molecule is C=C1CC(C(=O)O)=CC=C1C(=O)O. The second-order valence-electron chi connectivity index (χ2n) is 2.66. The summed E-state index contributed by atoms with van der Waals surface area (Å²) in [7, 11) is 0. The van der Waals surface area contributed by atoms with Crippen molar-refractivity contribution >= 4 is 11.9 Å². The van der Waals surface area contributed by atoms with Crippen LogP contribution in [0.5, 0.6) is 0 Å². The molecule has 0 atom stereocenters. The van der Waals surface area contributed by atoms with Crippen LogP contribution >= 0.6 is 0 Å². The predicted octanol–water partition coefficient (Wildman–Crippen LogP) is 0.968. The van der Waals surface area contributed by atoms with Gasteiger partial charge < -0.3 is 10.2 Å². The number of carbonyl (C=O) groups is 2. The fraction of sp³-hybridized carbons (Fsp3) is 0.111. The Morgan fingerprint density at radius 1 is 1.23 bits per heavy atom. The number of aliphatic carboxylic acids is 2. The maximum absolute atomic E-state index is 10.5. The van der Waals surface area contributed by atoms with Gasteiger partial charge in [0, 0.05) is 12.0 Å². The zero-order valence-electron chi connectivity index (χ0n) is 6.78. The molecule has 0 heterocycles. The smallest absolute Gasteiger partial charge is 0.335 e. The number of rotatable bonds is 2. The quantitative estimate of drug-likeness (QED) is 0.663. The van der Waals surface area contributed by atoms with Crippen LogP contribution < -0.4 is 0 Å². The molecule has 0 aromatic rings. The first-order chi connectivity index (χ1) is 6.02. The number of hydrogen-bond acceptors (Lipinski definition) is 2. The summed E-state index contributed by atoms with van der Waals surface area (Å²) in [4.78, 5) is 21.0. The van der Waals surface area contributed by atoms with E-state index < -0.39 is 11.9 Å². The Bertz CT molecular complexity index is 347. The molecule has 0 aliphatic heterocycles. The topological polar surface area (TPSA) is 74.6 Å². The van der Waals surface area contributed by atoms with Gasteiger partial charge in [0.1, 0.15) is 0 Å². The van der Waals surface area contributed by atoms with Crippen molar-refractivity contribution < 1.29 is 19.8 Å². The van der Waals surface area contributed by atoms with Gasteiger partial charge in [-0.25, -0.2) is 9.59 Å². The minimum Gasteiger partial charge on any atom is -0.478 e. The molecule has 0 fully saturated rings. The van der Waals surface area contributed by atoms with Crippen molar-refractivity contribution in [2.75, 3.05) is 0 Å². The van der Waals surface area contributed by atoms with Crippen LogP contribution in [-0.2, 0) is 9.59 Å². The van der Waals surface area contributed by atoms with Crippen molar-refractivity contribution in [3.63, 3.8) is 0 Å². The van der Waals surface area contributed by atoms with Crippen LogP contribution in [0.25, 0.3) is 0 Å². The Hall–Kier alpha value is -1.84. The third-order valence-corrected chi connectivity index (χ3v) is 1.74. The van der Waals surface area contributed by atoms with Gasteiger partial charge in [0.2, 0.25) is 0 Å². The van der Waals surface area contributed by atoms with Crippen LogP contribution in [0.4, 0.5) is 0 Å². The first kappa shape index (κ1) is 9.25. The molecule has 1 aliphatic carbocycles. The molecule has 4 nitrogen and oxygen atoms in total. The molecular weight excluding hydrogens is 172 g/mol. The van der Waals surface area contributed by atoms with Gasteiger partial charge in [-0.2, -0.15) is 0 Å². The van der Waals surface area contributed by atoms with E-state index in [1.807, 2.05) is 0 Å². The molecule has 4 heteroatoms. The first-order valence-corrected chi connectivity index (χ1v) is 3.58. The van der Waals surface area contributed by atoms with Gasteiger partial charge in [0.25, 0.3) is 0 Å². The third kappa shape index (κ3) is 1.84. The molecule has 0 saturated carbocycles. The van der Waals surface area contributed by atoms with Gasteiger partial charge in [-0.15, -0.1) is 0 Å². The Morgan fingerprint density at radius 3 is 2.23 bits per heavy atom. The van der Waals surface area contributed by atoms with Crippen molar-refractivity contribution in [3.8, 4) is 0 Å². The molecule has 2 N–H and O–H groups in total. The predicted molar refractivity (Wildman–Crippen MR) is 45.2 cm³/mol. The Kier molecular flexibility index (Phi) is 2.32. The van der Waals surface area contributed by atoms with Gasteiger partial charge in [0.05, 0.1) is 5.57 Å². The number of carboxylic acids is 2. The lowest BCUT2D eigenvalue weighted by atomic mass is 9.94. The lowest BCUT2D eigenvalue weighted by molar-refractivity contribution is -0.134. The van der Waals surface area contributed by atoms with E-state index in [4.69, 9.17) is 10.2 Å². The first-order valence-electron chi connectivity index (χ1n) is 3.58. The Morgan fingerprint density at radius 2 is 1.85 bits per heavy atom. The molecule has 0 amide bonds. The normalized spacial score (nSPS) is 16.2. The van der Waals surface area contributed by atoms with Crippen molar-refractivity contribution in [2.24, 2.45) is 0 Å². The molecule has 0 spiro atoms. The van der Waals surface area contributed by atoms with E-state index in [-0.39, 0.29) is 17.6 Å². The monoisotopic (exact) mass is 180 g/mol. The highest BCUT2D eigenvalue weighted by molar-refractivity contribution is 5.96. The number of allylic oxidation sites excluding steroid dienone is 2. The summed E-state index contributed by atoms with van der Waals surface area (Å²) in [5.74, 6) is -2.12. The van der Waals surface area contributed by atoms with E-state index in [2.05, 4.69) is 6.58 Å². The zero-order chi connectivity index (χ0) is 10.0. The van der Waals surface area contributed by atoms with Crippen molar-refractivity contribution in [3.05, 3.63) is 35.5 Å². The van der Waals surface area contributed by atoms with Gasteiger partial charge in [0.15, 0.2) is 0 Å². The molecule has 1 aliphatic rings. The van der Waals surface area contributed by atoms with Crippen molar-refractivity contribution in [2.45, 2.75) is 6.42 Å². The molecule has 0 aromatic heterocycles. The molecule has 0 saturated heterocycles. The summed E-state index contributed by atoms with van der Waals surface area (Å²) in [6, 6.07) is 0. The molecule has 0 aromatic carbocycles.